The molecule has 0 atom stereocenters. The Morgan fingerprint density at radius 1 is 1.12 bits per heavy atom. The SMILES string of the molecule is CN=C(NCc1cc(OC)c(OC)cc1OC)N(C)CCOCC1CC1. The number of ether oxygens (including phenoxy) is 4. The fourth-order valence-corrected chi connectivity index (χ4v) is 2.63. The third kappa shape index (κ3) is 5.69. The lowest BCUT2D eigenvalue weighted by atomic mass is 10.1. The molecule has 0 unspecified atom stereocenters. The van der Waals surface area contributed by atoms with Crippen LogP contribution in [0.5, 0.6) is 17.2 Å². The molecule has 0 aliphatic heterocycles. The van der Waals surface area contributed by atoms with Crippen LogP contribution in [0.2, 0.25) is 0 Å². The van der Waals surface area contributed by atoms with Gasteiger partial charge >= 0.3 is 0 Å². The summed E-state index contributed by atoms with van der Waals surface area (Å²) in [5, 5.41) is 3.36. The van der Waals surface area contributed by atoms with E-state index in [1.54, 1.807) is 28.4 Å². The molecule has 0 aromatic heterocycles. The second-order valence-corrected chi connectivity index (χ2v) is 6.36. The molecule has 2 rings (SSSR count). The Morgan fingerprint density at radius 3 is 2.35 bits per heavy atom. The number of methoxy groups -OCH3 is 3. The van der Waals surface area contributed by atoms with Gasteiger partial charge in [0.15, 0.2) is 17.5 Å². The Bertz CT molecular complexity index is 603. The highest BCUT2D eigenvalue weighted by Crippen LogP contribution is 2.34. The van der Waals surface area contributed by atoms with Crippen molar-refractivity contribution in [3.05, 3.63) is 17.7 Å². The number of nitrogens with zero attached hydrogens (tertiary/aromatic N) is 2. The summed E-state index contributed by atoms with van der Waals surface area (Å²) >= 11 is 0. The first-order chi connectivity index (χ1) is 12.6. The smallest absolute Gasteiger partial charge is 0.193 e. The van der Waals surface area contributed by atoms with Crippen LogP contribution in [0.15, 0.2) is 17.1 Å². The molecule has 1 aromatic carbocycles. The largest absolute Gasteiger partial charge is 0.496 e. The molecular formula is C19H31N3O4. The number of likely N-dealkylation sites (N-methyl/N-ethyl adjacent to an activating group) is 1. The lowest BCUT2D eigenvalue weighted by Crippen LogP contribution is -2.40. The van der Waals surface area contributed by atoms with Crippen LogP contribution in [-0.4, -0.2) is 66.0 Å². The summed E-state index contributed by atoms with van der Waals surface area (Å²) in [7, 11) is 8.65. The average Bonchev–Trinajstić information content (AvgIpc) is 3.49. The molecule has 0 spiro atoms. The predicted octanol–water partition coefficient (Wildman–Crippen LogP) is 2.15. The quantitative estimate of drug-likeness (QED) is 0.389. The minimum atomic E-state index is 0.559. The van der Waals surface area contributed by atoms with E-state index in [4.69, 9.17) is 18.9 Å². The highest BCUT2D eigenvalue weighted by Gasteiger charge is 2.21. The Labute approximate surface area is 156 Å². The Kier molecular flexibility index (Phi) is 7.84. The molecule has 1 aliphatic carbocycles. The normalized spacial score (nSPS) is 14.1. The lowest BCUT2D eigenvalue weighted by Gasteiger charge is -2.23. The van der Waals surface area contributed by atoms with Crippen LogP contribution in [0.3, 0.4) is 0 Å². The summed E-state index contributed by atoms with van der Waals surface area (Å²) in [6.07, 6.45) is 2.62. The number of aliphatic imine (C=N–C) groups is 1. The first-order valence-corrected chi connectivity index (χ1v) is 8.91. The van der Waals surface area contributed by atoms with Crippen molar-refractivity contribution in [2.75, 3.05) is 55.2 Å². The van der Waals surface area contributed by atoms with Gasteiger partial charge in [0, 0.05) is 45.4 Å². The summed E-state index contributed by atoms with van der Waals surface area (Å²) in [5.41, 5.74) is 0.963. The summed E-state index contributed by atoms with van der Waals surface area (Å²) in [6, 6.07) is 3.74. The van der Waals surface area contributed by atoms with Crippen LogP contribution < -0.4 is 19.5 Å². The van der Waals surface area contributed by atoms with Crippen LogP contribution in [0.4, 0.5) is 0 Å². The molecule has 0 bridgehead atoms. The number of rotatable bonds is 10. The molecule has 1 N–H and O–H groups in total. The maximum absolute atomic E-state index is 5.70. The van der Waals surface area contributed by atoms with Gasteiger partial charge in [-0.2, -0.15) is 0 Å². The van der Waals surface area contributed by atoms with Crippen LogP contribution in [0, 0.1) is 5.92 Å². The minimum absolute atomic E-state index is 0.559. The van der Waals surface area contributed by atoms with Gasteiger partial charge in [-0.15, -0.1) is 0 Å². The van der Waals surface area contributed by atoms with Crippen LogP contribution >= 0.6 is 0 Å². The zero-order valence-electron chi connectivity index (χ0n) is 16.5. The molecule has 0 heterocycles. The number of nitrogens with one attached hydrogen (secondary N) is 1. The van der Waals surface area contributed by atoms with Crippen molar-refractivity contribution in [3.8, 4) is 17.2 Å². The standard InChI is InChI=1S/C19H31N3O4/c1-20-19(22(2)8-9-26-13-14-6-7-14)21-12-15-10-17(24-4)18(25-5)11-16(15)23-3/h10-11,14H,6-9,12-13H2,1-5H3,(H,20,21). The van der Waals surface area contributed by atoms with E-state index in [-0.39, 0.29) is 0 Å². The lowest BCUT2D eigenvalue weighted by molar-refractivity contribution is 0.115. The van der Waals surface area contributed by atoms with Crippen molar-refractivity contribution in [2.45, 2.75) is 19.4 Å². The monoisotopic (exact) mass is 365 g/mol. The molecule has 0 saturated heterocycles. The fraction of sp³-hybridized carbons (Fsp3) is 0.632. The van der Waals surface area contributed by atoms with E-state index in [0.717, 1.165) is 36.3 Å². The molecule has 7 heteroatoms. The first kappa shape index (κ1) is 20.2. The van der Waals surface area contributed by atoms with Gasteiger partial charge in [-0.05, 0) is 24.8 Å². The maximum Gasteiger partial charge on any atom is 0.193 e. The van der Waals surface area contributed by atoms with E-state index < -0.39 is 0 Å². The van der Waals surface area contributed by atoms with Gasteiger partial charge in [-0.1, -0.05) is 0 Å². The molecule has 7 nitrogen and oxygen atoms in total. The van der Waals surface area contributed by atoms with Gasteiger partial charge in [0.25, 0.3) is 0 Å². The summed E-state index contributed by atoms with van der Waals surface area (Å²) < 4.78 is 21.9. The molecule has 1 saturated carbocycles. The van der Waals surface area contributed by atoms with E-state index in [1.807, 2.05) is 19.2 Å². The highest BCUT2D eigenvalue weighted by molar-refractivity contribution is 5.79. The molecule has 146 valence electrons. The number of benzene rings is 1. The molecule has 26 heavy (non-hydrogen) atoms. The van der Waals surface area contributed by atoms with Gasteiger partial charge in [0.2, 0.25) is 0 Å². The van der Waals surface area contributed by atoms with Gasteiger partial charge < -0.3 is 29.2 Å². The molecule has 0 amide bonds. The van der Waals surface area contributed by atoms with Gasteiger partial charge in [-0.25, -0.2) is 0 Å². The summed E-state index contributed by atoms with van der Waals surface area (Å²) in [5.74, 6) is 3.64. The van der Waals surface area contributed by atoms with Crippen LogP contribution in [0.25, 0.3) is 0 Å². The van der Waals surface area contributed by atoms with Crippen molar-refractivity contribution >= 4 is 5.96 Å². The van der Waals surface area contributed by atoms with Crippen molar-refractivity contribution < 1.29 is 18.9 Å². The number of hydrogen-bond donors (Lipinski definition) is 1. The van der Waals surface area contributed by atoms with Gasteiger partial charge in [-0.3, -0.25) is 4.99 Å². The highest BCUT2D eigenvalue weighted by atomic mass is 16.5. The maximum atomic E-state index is 5.70. The average molecular weight is 365 g/mol. The topological polar surface area (TPSA) is 64.6 Å². The molecule has 1 aromatic rings. The number of guanidine groups is 1. The third-order valence-corrected chi connectivity index (χ3v) is 4.42. The second kappa shape index (κ2) is 10.1. The zero-order valence-corrected chi connectivity index (χ0v) is 16.5. The molecular weight excluding hydrogens is 334 g/mol. The van der Waals surface area contributed by atoms with E-state index >= 15 is 0 Å². The number of hydrogen-bond acceptors (Lipinski definition) is 5. The van der Waals surface area contributed by atoms with Crippen molar-refractivity contribution in [3.63, 3.8) is 0 Å². The summed E-state index contributed by atoms with van der Waals surface area (Å²) in [6.45, 7) is 2.93. The minimum Gasteiger partial charge on any atom is -0.496 e. The van der Waals surface area contributed by atoms with Crippen LogP contribution in [-0.2, 0) is 11.3 Å². The summed E-state index contributed by atoms with van der Waals surface area (Å²) in [4.78, 5) is 6.40. The van der Waals surface area contributed by atoms with E-state index in [2.05, 4.69) is 15.2 Å². The molecule has 1 aliphatic rings. The van der Waals surface area contributed by atoms with Gasteiger partial charge in [0.05, 0.1) is 27.9 Å². The molecule has 0 radical (unpaired) electrons. The van der Waals surface area contributed by atoms with E-state index in [9.17, 15) is 0 Å². The Balaban J connectivity index is 1.91. The predicted molar refractivity (Wildman–Crippen MR) is 102 cm³/mol. The van der Waals surface area contributed by atoms with Crippen LogP contribution in [0.1, 0.15) is 18.4 Å². The zero-order chi connectivity index (χ0) is 18.9. The van der Waals surface area contributed by atoms with Gasteiger partial charge in [0.1, 0.15) is 5.75 Å². The van der Waals surface area contributed by atoms with Crippen molar-refractivity contribution in [1.82, 2.24) is 10.2 Å². The Morgan fingerprint density at radius 2 is 1.77 bits per heavy atom. The second-order valence-electron chi connectivity index (χ2n) is 6.36. The Hall–Kier alpha value is -2.15. The first-order valence-electron chi connectivity index (χ1n) is 8.91. The third-order valence-electron chi connectivity index (χ3n) is 4.42. The van der Waals surface area contributed by atoms with E-state index in [1.165, 1.54) is 12.8 Å². The van der Waals surface area contributed by atoms with E-state index in [0.29, 0.717) is 24.7 Å². The van der Waals surface area contributed by atoms with Crippen molar-refractivity contribution in [1.29, 1.82) is 0 Å². The molecule has 1 fully saturated rings. The van der Waals surface area contributed by atoms with Crippen molar-refractivity contribution in [2.24, 2.45) is 10.9 Å². The fourth-order valence-electron chi connectivity index (χ4n) is 2.63.